The van der Waals surface area contributed by atoms with E-state index >= 15 is 0 Å². The van der Waals surface area contributed by atoms with E-state index in [1.54, 1.807) is 24.3 Å². The summed E-state index contributed by atoms with van der Waals surface area (Å²) in [4.78, 5) is 26.9. The quantitative estimate of drug-likeness (QED) is 0.399. The van der Waals surface area contributed by atoms with Gasteiger partial charge in [-0.3, -0.25) is 0 Å². The molecule has 3 aliphatic rings. The molecule has 0 spiro atoms. The fourth-order valence-electron chi connectivity index (χ4n) is 5.14. The standard InChI is InChI=1S/C28H22O8/c1-31-19-12-14(13-20(32-2)26(19)33-3)21-22-24(15-8-4-6-10-17(15)34-27(22)29)36-25-16-9-5-7-11-18(16)35-28(30)23(21)25/h4-13,15,17,21H,1-3H3. The summed E-state index contributed by atoms with van der Waals surface area (Å²) in [5.41, 5.74) is 0.786. The van der Waals surface area contributed by atoms with E-state index in [4.69, 9.17) is 28.1 Å². The van der Waals surface area contributed by atoms with Gasteiger partial charge in [-0.25, -0.2) is 9.59 Å². The third kappa shape index (κ3) is 3.14. The van der Waals surface area contributed by atoms with Crippen LogP contribution in [0.5, 0.6) is 23.0 Å². The van der Waals surface area contributed by atoms with Crippen molar-refractivity contribution < 1.29 is 32.9 Å². The molecule has 1 aliphatic carbocycles. The molecule has 2 aliphatic heterocycles. The van der Waals surface area contributed by atoms with Gasteiger partial charge < -0.3 is 28.1 Å². The van der Waals surface area contributed by atoms with Crippen LogP contribution in [0.25, 0.3) is 11.0 Å². The second-order valence-electron chi connectivity index (χ2n) is 8.57. The van der Waals surface area contributed by atoms with Gasteiger partial charge in [0.2, 0.25) is 5.75 Å². The molecule has 0 saturated carbocycles. The number of methoxy groups -OCH3 is 3. The Morgan fingerprint density at radius 1 is 0.889 bits per heavy atom. The lowest BCUT2D eigenvalue weighted by atomic mass is 9.77. The fourth-order valence-corrected chi connectivity index (χ4v) is 5.14. The number of benzene rings is 2. The van der Waals surface area contributed by atoms with Gasteiger partial charge in [0.15, 0.2) is 11.5 Å². The van der Waals surface area contributed by atoms with Crippen LogP contribution in [0.4, 0.5) is 0 Å². The molecule has 8 heteroatoms. The average Bonchev–Trinajstić information content (AvgIpc) is 2.91. The van der Waals surface area contributed by atoms with E-state index in [9.17, 15) is 9.59 Å². The Labute approximate surface area is 206 Å². The van der Waals surface area contributed by atoms with E-state index in [-0.39, 0.29) is 17.1 Å². The number of ether oxygens (including phenoxy) is 5. The lowest BCUT2D eigenvalue weighted by Gasteiger charge is -2.38. The van der Waals surface area contributed by atoms with Crippen LogP contribution in [0.1, 0.15) is 17.0 Å². The monoisotopic (exact) mass is 486 g/mol. The largest absolute Gasteiger partial charge is 0.493 e. The first-order chi connectivity index (χ1) is 17.5. The van der Waals surface area contributed by atoms with Gasteiger partial charge in [0, 0.05) is 0 Å². The molecule has 8 nitrogen and oxygen atoms in total. The second kappa shape index (κ2) is 8.34. The molecule has 3 heterocycles. The number of fused-ring (bicyclic) bond motifs is 5. The Balaban J connectivity index is 1.69. The van der Waals surface area contributed by atoms with E-state index in [1.807, 2.05) is 36.4 Å². The minimum Gasteiger partial charge on any atom is -0.493 e. The Bertz CT molecular complexity index is 1530. The Morgan fingerprint density at radius 2 is 1.61 bits per heavy atom. The summed E-state index contributed by atoms with van der Waals surface area (Å²) in [5.74, 6) is 0.196. The molecule has 3 atom stereocenters. The van der Waals surface area contributed by atoms with Gasteiger partial charge in [0.1, 0.15) is 23.2 Å². The lowest BCUT2D eigenvalue weighted by Crippen LogP contribution is -2.40. The zero-order chi connectivity index (χ0) is 25.0. The van der Waals surface area contributed by atoms with E-state index in [2.05, 4.69) is 0 Å². The van der Waals surface area contributed by atoms with Gasteiger partial charge in [0.05, 0.1) is 49.7 Å². The molecular weight excluding hydrogens is 464 g/mol. The zero-order valence-corrected chi connectivity index (χ0v) is 19.8. The molecule has 3 aromatic rings. The second-order valence-corrected chi connectivity index (χ2v) is 8.57. The van der Waals surface area contributed by atoms with E-state index < -0.39 is 23.6 Å². The molecule has 2 aromatic carbocycles. The Kier molecular flexibility index (Phi) is 5.10. The normalized spacial score (nSPS) is 21.8. The van der Waals surface area contributed by atoms with E-state index in [0.29, 0.717) is 45.3 Å². The van der Waals surface area contributed by atoms with Crippen molar-refractivity contribution in [1.29, 1.82) is 0 Å². The van der Waals surface area contributed by atoms with Gasteiger partial charge in [-0.1, -0.05) is 30.4 Å². The predicted octanol–water partition coefficient (Wildman–Crippen LogP) is 4.26. The number of para-hydroxylation sites is 1. The number of hydrogen-bond donors (Lipinski definition) is 0. The topological polar surface area (TPSA) is 93.4 Å². The summed E-state index contributed by atoms with van der Waals surface area (Å²) in [6.45, 7) is 0. The van der Waals surface area contributed by atoms with Crippen molar-refractivity contribution in [2.75, 3.05) is 21.3 Å². The van der Waals surface area contributed by atoms with E-state index in [0.717, 1.165) is 0 Å². The molecule has 182 valence electrons. The smallest absolute Gasteiger partial charge is 0.344 e. The van der Waals surface area contributed by atoms with Crippen LogP contribution in [0.3, 0.4) is 0 Å². The molecule has 0 bridgehead atoms. The summed E-state index contributed by atoms with van der Waals surface area (Å²) in [7, 11) is 4.52. The van der Waals surface area contributed by atoms with Gasteiger partial charge in [-0.15, -0.1) is 0 Å². The highest BCUT2D eigenvalue weighted by atomic mass is 16.6. The van der Waals surface area contributed by atoms with Gasteiger partial charge in [0.25, 0.3) is 0 Å². The van der Waals surface area contributed by atoms with Crippen molar-refractivity contribution in [3.63, 3.8) is 0 Å². The molecule has 0 radical (unpaired) electrons. The maximum absolute atomic E-state index is 13.4. The van der Waals surface area contributed by atoms with Crippen LogP contribution in [-0.2, 0) is 9.53 Å². The summed E-state index contributed by atoms with van der Waals surface area (Å²) in [5, 5.41) is 0.627. The van der Waals surface area contributed by atoms with Gasteiger partial charge in [-0.05, 0) is 35.9 Å². The minimum absolute atomic E-state index is 0.201. The first kappa shape index (κ1) is 22.0. The van der Waals surface area contributed by atoms with Crippen LogP contribution in [0.15, 0.2) is 81.2 Å². The van der Waals surface area contributed by atoms with Crippen LogP contribution < -0.4 is 24.6 Å². The average molecular weight is 486 g/mol. The summed E-state index contributed by atoms with van der Waals surface area (Å²) in [6, 6.07) is 10.6. The first-order valence-corrected chi connectivity index (χ1v) is 11.4. The van der Waals surface area contributed by atoms with Gasteiger partial charge in [-0.2, -0.15) is 0 Å². The molecule has 0 N–H and O–H groups in total. The third-order valence-electron chi connectivity index (χ3n) is 6.72. The Hall–Kier alpha value is -4.46. The molecule has 0 amide bonds. The molecule has 6 rings (SSSR count). The van der Waals surface area contributed by atoms with Gasteiger partial charge >= 0.3 is 11.6 Å². The van der Waals surface area contributed by atoms with Crippen LogP contribution in [0.2, 0.25) is 0 Å². The highest BCUT2D eigenvalue weighted by molar-refractivity contribution is 5.96. The number of esters is 1. The van der Waals surface area contributed by atoms with Crippen molar-refractivity contribution in [2.45, 2.75) is 12.0 Å². The van der Waals surface area contributed by atoms with Crippen molar-refractivity contribution in [2.24, 2.45) is 5.92 Å². The number of carbonyl (C=O) groups is 1. The summed E-state index contributed by atoms with van der Waals surface area (Å²) in [6.07, 6.45) is 6.96. The minimum atomic E-state index is -0.855. The number of carbonyl (C=O) groups excluding carboxylic acids is 1. The van der Waals surface area contributed by atoms with Crippen molar-refractivity contribution in [1.82, 2.24) is 0 Å². The van der Waals surface area contributed by atoms with Crippen LogP contribution in [-0.4, -0.2) is 33.4 Å². The van der Waals surface area contributed by atoms with E-state index in [1.165, 1.54) is 21.3 Å². The number of rotatable bonds is 4. The molecule has 0 saturated heterocycles. The number of hydrogen-bond acceptors (Lipinski definition) is 8. The predicted molar refractivity (Wildman–Crippen MR) is 130 cm³/mol. The molecule has 36 heavy (non-hydrogen) atoms. The van der Waals surface area contributed by atoms with Crippen molar-refractivity contribution in [3.8, 4) is 23.0 Å². The summed E-state index contributed by atoms with van der Waals surface area (Å²) < 4.78 is 34.5. The third-order valence-corrected chi connectivity index (χ3v) is 6.72. The molecule has 0 fully saturated rings. The zero-order valence-electron chi connectivity index (χ0n) is 19.8. The van der Waals surface area contributed by atoms with Crippen LogP contribution >= 0.6 is 0 Å². The maximum atomic E-state index is 13.4. The summed E-state index contributed by atoms with van der Waals surface area (Å²) >= 11 is 0. The van der Waals surface area contributed by atoms with Crippen LogP contribution in [0, 0.1) is 5.92 Å². The highest BCUT2D eigenvalue weighted by Gasteiger charge is 2.47. The Morgan fingerprint density at radius 3 is 2.33 bits per heavy atom. The van der Waals surface area contributed by atoms with Crippen molar-refractivity contribution in [3.05, 3.63) is 93.6 Å². The molecular formula is C28H22O8. The molecule has 1 aromatic heterocycles. The van der Waals surface area contributed by atoms with Crippen molar-refractivity contribution >= 4 is 16.9 Å². The lowest BCUT2D eigenvalue weighted by molar-refractivity contribution is -0.146. The maximum Gasteiger partial charge on any atom is 0.344 e. The molecule has 3 unspecified atom stereocenters. The number of allylic oxidation sites excluding steroid dienone is 2. The first-order valence-electron chi connectivity index (χ1n) is 11.4. The fraction of sp³-hybridized carbons (Fsp3) is 0.214. The SMILES string of the molecule is COc1cc(C2C3=C(Oc4c2c(=O)oc2ccccc42)C2C=CC=CC2OC3=O)cc(OC)c1OC. The highest BCUT2D eigenvalue weighted by Crippen LogP contribution is 2.51.